The highest BCUT2D eigenvalue weighted by molar-refractivity contribution is 5.83. The molecule has 1 amide bonds. The van der Waals surface area contributed by atoms with Crippen LogP contribution in [-0.2, 0) is 4.79 Å². The van der Waals surface area contributed by atoms with E-state index >= 15 is 0 Å². The van der Waals surface area contributed by atoms with Crippen LogP contribution in [0.5, 0.6) is 0 Å². The average Bonchev–Trinajstić information content (AvgIpc) is 2.69. The molecule has 1 unspecified atom stereocenters. The summed E-state index contributed by atoms with van der Waals surface area (Å²) in [6.45, 7) is 2.69. The minimum atomic E-state index is -0.772. The second-order valence-electron chi connectivity index (χ2n) is 4.90. The van der Waals surface area contributed by atoms with E-state index in [1.54, 1.807) is 11.8 Å². The third-order valence-corrected chi connectivity index (χ3v) is 3.19. The molecular formula is C13H18N2O2. The lowest BCUT2D eigenvalue weighted by Crippen LogP contribution is -2.39. The summed E-state index contributed by atoms with van der Waals surface area (Å²) in [6, 6.07) is 8.67. The smallest absolute Gasteiger partial charge is 0.244 e. The number of amides is 1. The predicted molar refractivity (Wildman–Crippen MR) is 65.2 cm³/mol. The normalized spacial score (nSPS) is 25.9. The maximum atomic E-state index is 12.1. The van der Waals surface area contributed by atoms with Crippen molar-refractivity contribution < 1.29 is 9.90 Å². The fourth-order valence-electron chi connectivity index (χ4n) is 2.13. The molecule has 1 aliphatic rings. The van der Waals surface area contributed by atoms with E-state index in [0.717, 1.165) is 5.56 Å². The molecule has 2 atom stereocenters. The summed E-state index contributed by atoms with van der Waals surface area (Å²) < 4.78 is 0. The third kappa shape index (κ3) is 2.65. The standard InChI is InChI=1S/C13H18N2O2/c1-13(17)7-8-15(9-13)12(16)11(14)10-5-3-2-4-6-10/h2-6,11,17H,7-9,14H2,1H3/t11-,13?/m1/s1. The van der Waals surface area contributed by atoms with E-state index in [0.29, 0.717) is 19.5 Å². The van der Waals surface area contributed by atoms with Gasteiger partial charge in [0.2, 0.25) is 5.91 Å². The molecule has 0 aliphatic carbocycles. The van der Waals surface area contributed by atoms with Crippen LogP contribution in [0.15, 0.2) is 30.3 Å². The first-order valence-electron chi connectivity index (χ1n) is 5.81. The van der Waals surface area contributed by atoms with Gasteiger partial charge in [-0.05, 0) is 18.9 Å². The molecule has 3 N–H and O–H groups in total. The summed E-state index contributed by atoms with van der Waals surface area (Å²) >= 11 is 0. The van der Waals surface area contributed by atoms with Crippen LogP contribution in [0.4, 0.5) is 0 Å². The van der Waals surface area contributed by atoms with Gasteiger partial charge in [0.15, 0.2) is 0 Å². The van der Waals surface area contributed by atoms with Gasteiger partial charge in [0.05, 0.1) is 5.60 Å². The van der Waals surface area contributed by atoms with Crippen LogP contribution < -0.4 is 5.73 Å². The van der Waals surface area contributed by atoms with Crippen molar-refractivity contribution in [2.45, 2.75) is 25.0 Å². The fraction of sp³-hybridized carbons (Fsp3) is 0.462. The van der Waals surface area contributed by atoms with Gasteiger partial charge in [-0.15, -0.1) is 0 Å². The summed E-state index contributed by atoms with van der Waals surface area (Å²) in [7, 11) is 0. The highest BCUT2D eigenvalue weighted by atomic mass is 16.3. The average molecular weight is 234 g/mol. The van der Waals surface area contributed by atoms with E-state index in [9.17, 15) is 9.90 Å². The van der Waals surface area contributed by atoms with Crippen LogP contribution in [0, 0.1) is 0 Å². The second-order valence-corrected chi connectivity index (χ2v) is 4.90. The van der Waals surface area contributed by atoms with Crippen molar-refractivity contribution in [2.24, 2.45) is 5.73 Å². The van der Waals surface area contributed by atoms with Crippen molar-refractivity contribution in [2.75, 3.05) is 13.1 Å². The highest BCUT2D eigenvalue weighted by Gasteiger charge is 2.35. The molecule has 2 rings (SSSR count). The van der Waals surface area contributed by atoms with Crippen LogP contribution >= 0.6 is 0 Å². The van der Waals surface area contributed by atoms with Gasteiger partial charge in [0, 0.05) is 13.1 Å². The molecule has 1 heterocycles. The second kappa shape index (κ2) is 4.47. The monoisotopic (exact) mass is 234 g/mol. The number of aliphatic hydroxyl groups is 1. The van der Waals surface area contributed by atoms with E-state index in [2.05, 4.69) is 0 Å². The molecule has 0 radical (unpaired) electrons. The van der Waals surface area contributed by atoms with Crippen molar-refractivity contribution in [1.29, 1.82) is 0 Å². The summed E-state index contributed by atoms with van der Waals surface area (Å²) in [5.41, 5.74) is 5.97. The molecule has 92 valence electrons. The first-order valence-corrected chi connectivity index (χ1v) is 5.81. The van der Waals surface area contributed by atoms with Crippen LogP contribution in [0.2, 0.25) is 0 Å². The summed E-state index contributed by atoms with van der Waals surface area (Å²) in [4.78, 5) is 13.8. The van der Waals surface area contributed by atoms with E-state index < -0.39 is 11.6 Å². The lowest BCUT2D eigenvalue weighted by Gasteiger charge is -2.22. The van der Waals surface area contributed by atoms with E-state index in [1.807, 2.05) is 30.3 Å². The molecule has 1 aliphatic heterocycles. The number of hydrogen-bond donors (Lipinski definition) is 2. The predicted octanol–water partition coefficient (Wildman–Crippen LogP) is 0.670. The third-order valence-electron chi connectivity index (χ3n) is 3.19. The van der Waals surface area contributed by atoms with Gasteiger partial charge in [-0.25, -0.2) is 0 Å². The summed E-state index contributed by atoms with van der Waals surface area (Å²) in [5.74, 6) is -0.117. The van der Waals surface area contributed by atoms with Crippen molar-refractivity contribution >= 4 is 5.91 Å². The fourth-order valence-corrected chi connectivity index (χ4v) is 2.13. The van der Waals surface area contributed by atoms with Crippen molar-refractivity contribution in [3.8, 4) is 0 Å². The molecule has 1 saturated heterocycles. The first-order chi connectivity index (χ1) is 7.99. The number of benzene rings is 1. The number of carbonyl (C=O) groups excluding carboxylic acids is 1. The maximum Gasteiger partial charge on any atom is 0.244 e. The van der Waals surface area contributed by atoms with Crippen molar-refractivity contribution in [1.82, 2.24) is 4.90 Å². The molecule has 0 spiro atoms. The largest absolute Gasteiger partial charge is 0.388 e. The Morgan fingerprint density at radius 2 is 2.12 bits per heavy atom. The Bertz CT molecular complexity index is 403. The number of nitrogens with zero attached hydrogens (tertiary/aromatic N) is 1. The lowest BCUT2D eigenvalue weighted by molar-refractivity contribution is -0.132. The van der Waals surface area contributed by atoms with Crippen LogP contribution in [0.1, 0.15) is 24.9 Å². The Kier molecular flexibility index (Phi) is 3.17. The Morgan fingerprint density at radius 3 is 2.65 bits per heavy atom. The van der Waals surface area contributed by atoms with Gasteiger partial charge in [0.1, 0.15) is 6.04 Å². The molecule has 0 aromatic heterocycles. The number of rotatable bonds is 2. The molecule has 1 aromatic carbocycles. The summed E-state index contributed by atoms with van der Waals surface area (Å²) in [5, 5.41) is 9.83. The first kappa shape index (κ1) is 12.1. The topological polar surface area (TPSA) is 66.6 Å². The van der Waals surface area contributed by atoms with Gasteiger partial charge in [-0.2, -0.15) is 0 Å². The Morgan fingerprint density at radius 1 is 1.47 bits per heavy atom. The molecule has 0 saturated carbocycles. The van der Waals surface area contributed by atoms with Gasteiger partial charge < -0.3 is 15.7 Å². The quantitative estimate of drug-likeness (QED) is 0.790. The number of hydrogen-bond acceptors (Lipinski definition) is 3. The Labute approximate surface area is 101 Å². The zero-order valence-corrected chi connectivity index (χ0v) is 9.97. The van der Waals surface area contributed by atoms with Gasteiger partial charge in [-0.3, -0.25) is 4.79 Å². The number of carbonyl (C=O) groups is 1. The number of likely N-dealkylation sites (tertiary alicyclic amines) is 1. The van der Waals surface area contributed by atoms with Crippen LogP contribution in [0.25, 0.3) is 0 Å². The molecule has 0 bridgehead atoms. The lowest BCUT2D eigenvalue weighted by atomic mass is 10.1. The molecule has 1 fully saturated rings. The van der Waals surface area contributed by atoms with E-state index in [4.69, 9.17) is 5.73 Å². The van der Waals surface area contributed by atoms with Gasteiger partial charge in [-0.1, -0.05) is 30.3 Å². The highest BCUT2D eigenvalue weighted by Crippen LogP contribution is 2.23. The Balaban J connectivity index is 2.06. The SMILES string of the molecule is CC1(O)CCN(C(=O)[C@H](N)c2ccccc2)C1. The number of nitrogens with two attached hydrogens (primary N) is 1. The molecular weight excluding hydrogens is 216 g/mol. The molecule has 4 heteroatoms. The molecule has 4 nitrogen and oxygen atoms in total. The minimum Gasteiger partial charge on any atom is -0.388 e. The minimum absolute atomic E-state index is 0.117. The zero-order valence-electron chi connectivity index (χ0n) is 9.97. The van der Waals surface area contributed by atoms with Gasteiger partial charge >= 0.3 is 0 Å². The van der Waals surface area contributed by atoms with Crippen molar-refractivity contribution in [3.05, 3.63) is 35.9 Å². The Hall–Kier alpha value is -1.39. The van der Waals surface area contributed by atoms with Crippen LogP contribution in [-0.4, -0.2) is 34.6 Å². The summed E-state index contributed by atoms with van der Waals surface area (Å²) in [6.07, 6.45) is 0.611. The van der Waals surface area contributed by atoms with Crippen molar-refractivity contribution in [3.63, 3.8) is 0 Å². The molecule has 17 heavy (non-hydrogen) atoms. The molecule has 1 aromatic rings. The van der Waals surface area contributed by atoms with Gasteiger partial charge in [0.25, 0.3) is 0 Å². The maximum absolute atomic E-state index is 12.1. The number of β-amino-alcohol motifs (C(OH)–C–C–N with tert-alkyl or cyclic N) is 1. The van der Waals surface area contributed by atoms with Crippen LogP contribution in [0.3, 0.4) is 0 Å². The zero-order chi connectivity index (χ0) is 12.5. The van der Waals surface area contributed by atoms with E-state index in [-0.39, 0.29) is 5.91 Å². The van der Waals surface area contributed by atoms with E-state index in [1.165, 1.54) is 0 Å².